The van der Waals surface area contributed by atoms with Crippen LogP contribution in [0.1, 0.15) is 35.1 Å². The van der Waals surface area contributed by atoms with Gasteiger partial charge in [-0.25, -0.2) is 0 Å². The van der Waals surface area contributed by atoms with Crippen LogP contribution in [-0.4, -0.2) is 29.2 Å². The summed E-state index contributed by atoms with van der Waals surface area (Å²) in [6, 6.07) is 15.0. The molecule has 3 nitrogen and oxygen atoms in total. The van der Waals surface area contributed by atoms with Crippen LogP contribution in [0.5, 0.6) is 0 Å². The van der Waals surface area contributed by atoms with Gasteiger partial charge in [-0.05, 0) is 55.0 Å². The number of benzene rings is 2. The molecule has 0 spiro atoms. The fraction of sp³-hybridized carbons (Fsp3) is 0.429. The molecular weight excluding hydrogens is 296 g/mol. The van der Waals surface area contributed by atoms with Crippen LogP contribution in [0.25, 0.3) is 0 Å². The van der Waals surface area contributed by atoms with E-state index in [0.29, 0.717) is 0 Å². The largest absolute Gasteiger partial charge is 0.393 e. The van der Waals surface area contributed by atoms with E-state index in [1.54, 1.807) is 0 Å². The Hall–Kier alpha value is -1.84. The third kappa shape index (κ3) is 4.16. The van der Waals surface area contributed by atoms with Crippen molar-refractivity contribution in [3.05, 3.63) is 64.7 Å². The maximum absolute atomic E-state index is 9.67. The van der Waals surface area contributed by atoms with Crippen molar-refractivity contribution in [3.63, 3.8) is 0 Å². The number of nitrogens with one attached hydrogen (secondary N) is 1. The highest BCUT2D eigenvalue weighted by Gasteiger charge is 2.17. The van der Waals surface area contributed by atoms with Crippen molar-refractivity contribution in [2.24, 2.45) is 0 Å². The minimum atomic E-state index is -0.112. The molecule has 2 aromatic rings. The van der Waals surface area contributed by atoms with Crippen LogP contribution in [0, 0.1) is 13.8 Å². The highest BCUT2D eigenvalue weighted by molar-refractivity contribution is 5.52. The second kappa shape index (κ2) is 7.82. The number of aliphatic hydroxyl groups excluding tert-OH is 1. The number of aliphatic hydroxyl groups is 1. The number of nitrogens with zero attached hydrogens (tertiary/aromatic N) is 1. The second-order valence-electron chi connectivity index (χ2n) is 6.89. The third-order valence-electron chi connectivity index (χ3n) is 5.07. The van der Waals surface area contributed by atoms with Gasteiger partial charge in [0.25, 0.3) is 0 Å². The number of rotatable bonds is 5. The zero-order valence-corrected chi connectivity index (χ0v) is 14.8. The standard InChI is InChI=1S/C21H28N2O/c1-16-6-5-7-17(2)20(16)14-22-21-9-4-3-8-18(21)15-23-12-10-19(24)11-13-23/h3-9,19,22,24H,10-15H2,1-2H3. The van der Waals surface area contributed by atoms with E-state index in [1.807, 2.05) is 0 Å². The fourth-order valence-corrected chi connectivity index (χ4v) is 3.46. The molecule has 1 fully saturated rings. The highest BCUT2D eigenvalue weighted by Crippen LogP contribution is 2.22. The van der Waals surface area contributed by atoms with E-state index < -0.39 is 0 Å². The summed E-state index contributed by atoms with van der Waals surface area (Å²) in [6.07, 6.45) is 1.66. The van der Waals surface area contributed by atoms with Crippen LogP contribution in [0.4, 0.5) is 5.69 Å². The first-order valence-electron chi connectivity index (χ1n) is 8.91. The van der Waals surface area contributed by atoms with Gasteiger partial charge >= 0.3 is 0 Å². The second-order valence-corrected chi connectivity index (χ2v) is 6.89. The number of likely N-dealkylation sites (tertiary alicyclic amines) is 1. The van der Waals surface area contributed by atoms with Crippen LogP contribution in [0.2, 0.25) is 0 Å². The van der Waals surface area contributed by atoms with Gasteiger partial charge in [0.1, 0.15) is 0 Å². The zero-order chi connectivity index (χ0) is 16.9. The topological polar surface area (TPSA) is 35.5 Å². The monoisotopic (exact) mass is 324 g/mol. The van der Waals surface area contributed by atoms with E-state index >= 15 is 0 Å². The van der Waals surface area contributed by atoms with Gasteiger partial charge in [-0.3, -0.25) is 4.90 Å². The van der Waals surface area contributed by atoms with Crippen LogP contribution >= 0.6 is 0 Å². The maximum Gasteiger partial charge on any atom is 0.0564 e. The first kappa shape index (κ1) is 17.0. The van der Waals surface area contributed by atoms with E-state index in [9.17, 15) is 5.11 Å². The number of aryl methyl sites for hydroxylation is 2. The van der Waals surface area contributed by atoms with Gasteiger partial charge in [-0.2, -0.15) is 0 Å². The van der Waals surface area contributed by atoms with Crippen molar-refractivity contribution in [1.82, 2.24) is 4.90 Å². The molecule has 2 aromatic carbocycles. The molecule has 0 aliphatic carbocycles. The van der Waals surface area contributed by atoms with Crippen molar-refractivity contribution in [2.75, 3.05) is 18.4 Å². The zero-order valence-electron chi connectivity index (χ0n) is 14.8. The Morgan fingerprint density at radius 3 is 2.38 bits per heavy atom. The van der Waals surface area contributed by atoms with Crippen LogP contribution < -0.4 is 5.32 Å². The molecule has 0 saturated carbocycles. The number of anilines is 1. The van der Waals surface area contributed by atoms with E-state index in [-0.39, 0.29) is 6.10 Å². The lowest BCUT2D eigenvalue weighted by atomic mass is 10.0. The van der Waals surface area contributed by atoms with Crippen molar-refractivity contribution in [1.29, 1.82) is 0 Å². The molecule has 1 aliphatic rings. The number of hydrogen-bond donors (Lipinski definition) is 2. The fourth-order valence-electron chi connectivity index (χ4n) is 3.46. The summed E-state index contributed by atoms with van der Waals surface area (Å²) < 4.78 is 0. The van der Waals surface area contributed by atoms with Gasteiger partial charge in [-0.1, -0.05) is 36.4 Å². The molecule has 0 atom stereocenters. The molecule has 24 heavy (non-hydrogen) atoms. The molecule has 1 heterocycles. The SMILES string of the molecule is Cc1cccc(C)c1CNc1ccccc1CN1CCC(O)CC1. The molecule has 0 amide bonds. The average molecular weight is 324 g/mol. The van der Waals surface area contributed by atoms with Crippen molar-refractivity contribution >= 4 is 5.69 Å². The van der Waals surface area contributed by atoms with Gasteiger partial charge in [0, 0.05) is 31.9 Å². The molecule has 3 heteroatoms. The molecule has 1 saturated heterocycles. The first-order chi connectivity index (χ1) is 11.6. The van der Waals surface area contributed by atoms with E-state index in [4.69, 9.17) is 0 Å². The maximum atomic E-state index is 9.67. The van der Waals surface area contributed by atoms with E-state index in [0.717, 1.165) is 39.0 Å². The Balaban J connectivity index is 1.68. The predicted molar refractivity (Wildman–Crippen MR) is 100 cm³/mol. The molecular formula is C21H28N2O. The minimum absolute atomic E-state index is 0.112. The molecule has 1 aliphatic heterocycles. The van der Waals surface area contributed by atoms with Crippen molar-refractivity contribution in [3.8, 4) is 0 Å². The number of hydrogen-bond acceptors (Lipinski definition) is 3. The molecule has 0 aromatic heterocycles. The smallest absolute Gasteiger partial charge is 0.0564 e. The Kier molecular flexibility index (Phi) is 5.54. The average Bonchev–Trinajstić information content (AvgIpc) is 2.58. The number of para-hydroxylation sites is 1. The van der Waals surface area contributed by atoms with Crippen molar-refractivity contribution < 1.29 is 5.11 Å². The van der Waals surface area contributed by atoms with E-state index in [1.165, 1.54) is 27.9 Å². The van der Waals surface area contributed by atoms with Gasteiger partial charge < -0.3 is 10.4 Å². The van der Waals surface area contributed by atoms with E-state index in [2.05, 4.69) is 66.5 Å². The summed E-state index contributed by atoms with van der Waals surface area (Å²) in [5.74, 6) is 0. The molecule has 0 bridgehead atoms. The van der Waals surface area contributed by atoms with Gasteiger partial charge in [-0.15, -0.1) is 0 Å². The summed E-state index contributed by atoms with van der Waals surface area (Å²) in [5.41, 5.74) is 6.61. The Morgan fingerprint density at radius 2 is 1.67 bits per heavy atom. The lowest BCUT2D eigenvalue weighted by Crippen LogP contribution is -2.35. The van der Waals surface area contributed by atoms with Crippen LogP contribution in [-0.2, 0) is 13.1 Å². The van der Waals surface area contributed by atoms with Crippen LogP contribution in [0.15, 0.2) is 42.5 Å². The molecule has 0 radical (unpaired) electrons. The highest BCUT2D eigenvalue weighted by atomic mass is 16.3. The molecule has 128 valence electrons. The summed E-state index contributed by atoms with van der Waals surface area (Å²) in [4.78, 5) is 2.44. The summed E-state index contributed by atoms with van der Waals surface area (Å²) in [7, 11) is 0. The number of piperidine rings is 1. The normalized spacial score (nSPS) is 16.3. The Morgan fingerprint density at radius 1 is 1.00 bits per heavy atom. The summed E-state index contributed by atoms with van der Waals surface area (Å²) in [5, 5.41) is 13.3. The van der Waals surface area contributed by atoms with Gasteiger partial charge in [0.2, 0.25) is 0 Å². The molecule has 2 N–H and O–H groups in total. The minimum Gasteiger partial charge on any atom is -0.393 e. The van der Waals surface area contributed by atoms with Crippen LogP contribution in [0.3, 0.4) is 0 Å². The summed E-state index contributed by atoms with van der Waals surface area (Å²) in [6.45, 7) is 8.11. The quantitative estimate of drug-likeness (QED) is 0.876. The summed E-state index contributed by atoms with van der Waals surface area (Å²) >= 11 is 0. The van der Waals surface area contributed by atoms with Crippen molar-refractivity contribution in [2.45, 2.75) is 45.9 Å². The Labute approximate surface area is 145 Å². The first-order valence-corrected chi connectivity index (χ1v) is 8.91. The molecule has 3 rings (SSSR count). The van der Waals surface area contributed by atoms with Gasteiger partial charge in [0.15, 0.2) is 0 Å². The Bertz CT molecular complexity index is 655. The lowest BCUT2D eigenvalue weighted by Gasteiger charge is -2.30. The third-order valence-corrected chi connectivity index (χ3v) is 5.07. The van der Waals surface area contributed by atoms with Gasteiger partial charge in [0.05, 0.1) is 6.10 Å². The molecule has 0 unspecified atom stereocenters. The lowest BCUT2D eigenvalue weighted by molar-refractivity contribution is 0.0793. The predicted octanol–water partition coefficient (Wildman–Crippen LogP) is 3.87.